The number of rotatable bonds is 4. The van der Waals surface area contributed by atoms with Crippen LogP contribution < -0.4 is 4.90 Å². The molecule has 2 rings (SSSR count). The first-order chi connectivity index (χ1) is 9.00. The highest BCUT2D eigenvalue weighted by molar-refractivity contribution is 7.17. The van der Waals surface area contributed by atoms with Gasteiger partial charge < -0.3 is 10.0 Å². The van der Waals surface area contributed by atoms with Crippen molar-refractivity contribution in [3.05, 3.63) is 45.9 Å². The third kappa shape index (κ3) is 2.88. The van der Waals surface area contributed by atoms with Crippen LogP contribution in [0.4, 0.5) is 5.13 Å². The van der Waals surface area contributed by atoms with E-state index in [2.05, 4.69) is 4.98 Å². The van der Waals surface area contributed by atoms with E-state index < -0.39 is 5.97 Å². The Hall–Kier alpha value is -1.59. The normalized spacial score (nSPS) is 12.2. The molecular formula is C13H13ClN2O2S. The van der Waals surface area contributed by atoms with Gasteiger partial charge in [-0.3, -0.25) is 0 Å². The molecule has 1 N–H and O–H groups in total. The minimum Gasteiger partial charge on any atom is -0.477 e. The standard InChI is InChI=1S/C13H13ClN2O2S/c1-8(9-5-3-4-6-10(9)14)16(2)13-15-7-11(19-13)12(17)18/h3-8H,1-2H3,(H,17,18). The first kappa shape index (κ1) is 13.8. The number of carboxylic acids is 1. The Morgan fingerprint density at radius 2 is 2.16 bits per heavy atom. The zero-order valence-corrected chi connectivity index (χ0v) is 12.1. The fourth-order valence-corrected chi connectivity index (χ4v) is 2.81. The summed E-state index contributed by atoms with van der Waals surface area (Å²) in [6, 6.07) is 7.61. The van der Waals surface area contributed by atoms with Crippen molar-refractivity contribution in [2.45, 2.75) is 13.0 Å². The Kier molecular flexibility index (Phi) is 4.07. The summed E-state index contributed by atoms with van der Waals surface area (Å²) < 4.78 is 0. The van der Waals surface area contributed by atoms with Gasteiger partial charge >= 0.3 is 5.97 Å². The van der Waals surface area contributed by atoms with E-state index in [4.69, 9.17) is 16.7 Å². The van der Waals surface area contributed by atoms with Crippen molar-refractivity contribution in [2.75, 3.05) is 11.9 Å². The molecule has 0 fully saturated rings. The van der Waals surface area contributed by atoms with Crippen LogP contribution in [0.2, 0.25) is 5.02 Å². The van der Waals surface area contributed by atoms with Crippen molar-refractivity contribution in [3.8, 4) is 0 Å². The van der Waals surface area contributed by atoms with Gasteiger partial charge in [-0.15, -0.1) is 0 Å². The summed E-state index contributed by atoms with van der Waals surface area (Å²) in [5.74, 6) is -0.956. The van der Waals surface area contributed by atoms with Crippen LogP contribution in [0.3, 0.4) is 0 Å². The molecule has 1 aromatic carbocycles. The second-order valence-corrected chi connectivity index (χ2v) is 5.54. The number of carboxylic acid groups (broad SMARTS) is 1. The summed E-state index contributed by atoms with van der Waals surface area (Å²) in [5, 5.41) is 10.3. The number of anilines is 1. The van der Waals surface area contributed by atoms with E-state index in [1.165, 1.54) is 6.20 Å². The number of aromatic carboxylic acids is 1. The molecule has 1 aromatic heterocycles. The van der Waals surface area contributed by atoms with Crippen LogP contribution in [0.5, 0.6) is 0 Å². The average Bonchev–Trinajstić information content (AvgIpc) is 2.87. The maximum absolute atomic E-state index is 10.9. The molecule has 4 nitrogen and oxygen atoms in total. The minimum atomic E-state index is -0.956. The number of thiazole rings is 1. The third-order valence-corrected chi connectivity index (χ3v) is 4.36. The van der Waals surface area contributed by atoms with Crippen molar-refractivity contribution in [1.82, 2.24) is 4.98 Å². The molecule has 100 valence electrons. The second kappa shape index (κ2) is 5.59. The lowest BCUT2D eigenvalue weighted by atomic mass is 10.1. The van der Waals surface area contributed by atoms with Crippen molar-refractivity contribution in [3.63, 3.8) is 0 Å². The average molecular weight is 297 g/mol. The number of nitrogens with zero attached hydrogens (tertiary/aromatic N) is 2. The number of aromatic nitrogens is 1. The van der Waals surface area contributed by atoms with Gasteiger partial charge in [-0.05, 0) is 18.6 Å². The number of hydrogen-bond donors (Lipinski definition) is 1. The highest BCUT2D eigenvalue weighted by Gasteiger charge is 2.18. The van der Waals surface area contributed by atoms with Gasteiger partial charge in [-0.25, -0.2) is 9.78 Å². The second-order valence-electron chi connectivity index (χ2n) is 4.12. The SMILES string of the molecule is CC(c1ccccc1Cl)N(C)c1ncc(C(=O)O)s1. The number of carbonyl (C=O) groups is 1. The fourth-order valence-electron chi connectivity index (χ4n) is 1.72. The van der Waals surface area contributed by atoms with Gasteiger partial charge in [-0.2, -0.15) is 0 Å². The molecule has 19 heavy (non-hydrogen) atoms. The van der Waals surface area contributed by atoms with Crippen molar-refractivity contribution in [1.29, 1.82) is 0 Å². The van der Waals surface area contributed by atoms with Crippen molar-refractivity contribution in [2.24, 2.45) is 0 Å². The van der Waals surface area contributed by atoms with Crippen LogP contribution in [-0.2, 0) is 0 Å². The predicted molar refractivity (Wildman–Crippen MR) is 77.3 cm³/mol. The van der Waals surface area contributed by atoms with Crippen LogP contribution in [0.25, 0.3) is 0 Å². The molecule has 0 saturated heterocycles. The molecule has 0 aliphatic heterocycles. The van der Waals surface area contributed by atoms with E-state index in [1.807, 2.05) is 43.1 Å². The van der Waals surface area contributed by atoms with E-state index in [1.54, 1.807) is 0 Å². The molecule has 0 aliphatic carbocycles. The number of halogens is 1. The lowest BCUT2D eigenvalue weighted by Crippen LogP contribution is -2.21. The van der Waals surface area contributed by atoms with Gasteiger partial charge in [0, 0.05) is 12.1 Å². The van der Waals surface area contributed by atoms with Crippen LogP contribution >= 0.6 is 22.9 Å². The highest BCUT2D eigenvalue weighted by Crippen LogP contribution is 2.31. The molecular weight excluding hydrogens is 284 g/mol. The van der Waals surface area contributed by atoms with Crippen molar-refractivity contribution < 1.29 is 9.90 Å². The van der Waals surface area contributed by atoms with Gasteiger partial charge in [0.25, 0.3) is 0 Å². The maximum Gasteiger partial charge on any atom is 0.347 e. The van der Waals surface area contributed by atoms with E-state index in [0.29, 0.717) is 10.2 Å². The first-order valence-corrected chi connectivity index (χ1v) is 6.86. The minimum absolute atomic E-state index is 0.0153. The van der Waals surface area contributed by atoms with Crippen molar-refractivity contribution >= 4 is 34.0 Å². The third-order valence-electron chi connectivity index (χ3n) is 2.94. The molecule has 2 aromatic rings. The molecule has 6 heteroatoms. The summed E-state index contributed by atoms with van der Waals surface area (Å²) >= 11 is 7.32. The smallest absolute Gasteiger partial charge is 0.347 e. The monoisotopic (exact) mass is 296 g/mol. The van der Waals surface area contributed by atoms with E-state index in [-0.39, 0.29) is 10.9 Å². The Balaban J connectivity index is 2.25. The quantitative estimate of drug-likeness (QED) is 0.935. The zero-order chi connectivity index (χ0) is 14.0. The summed E-state index contributed by atoms with van der Waals surface area (Å²) in [6.45, 7) is 2.00. The fraction of sp³-hybridized carbons (Fsp3) is 0.231. The van der Waals surface area contributed by atoms with Crippen LogP contribution in [0, 0.1) is 0 Å². The van der Waals surface area contributed by atoms with Gasteiger partial charge in [0.15, 0.2) is 5.13 Å². The molecule has 1 unspecified atom stereocenters. The topological polar surface area (TPSA) is 53.4 Å². The number of hydrogen-bond acceptors (Lipinski definition) is 4. The molecule has 1 heterocycles. The van der Waals surface area contributed by atoms with E-state index in [9.17, 15) is 4.79 Å². The molecule has 0 radical (unpaired) electrons. The Morgan fingerprint density at radius 1 is 1.47 bits per heavy atom. The molecule has 0 bridgehead atoms. The van der Waals surface area contributed by atoms with E-state index >= 15 is 0 Å². The summed E-state index contributed by atoms with van der Waals surface area (Å²) in [7, 11) is 1.87. The zero-order valence-electron chi connectivity index (χ0n) is 10.5. The number of benzene rings is 1. The van der Waals surface area contributed by atoms with Crippen LogP contribution in [0.15, 0.2) is 30.5 Å². The summed E-state index contributed by atoms with van der Waals surface area (Å²) in [4.78, 5) is 17.1. The first-order valence-electron chi connectivity index (χ1n) is 5.67. The summed E-state index contributed by atoms with van der Waals surface area (Å²) in [5.41, 5.74) is 0.985. The lowest BCUT2D eigenvalue weighted by Gasteiger charge is -2.25. The highest BCUT2D eigenvalue weighted by atomic mass is 35.5. The molecule has 0 aliphatic rings. The van der Waals surface area contributed by atoms with Crippen LogP contribution in [-0.4, -0.2) is 23.1 Å². The van der Waals surface area contributed by atoms with Gasteiger partial charge in [0.1, 0.15) is 4.88 Å². The van der Waals surface area contributed by atoms with Gasteiger partial charge in [0.2, 0.25) is 0 Å². The molecule has 0 spiro atoms. The molecule has 0 amide bonds. The Bertz CT molecular complexity index is 600. The van der Waals surface area contributed by atoms with Gasteiger partial charge in [-0.1, -0.05) is 41.1 Å². The Morgan fingerprint density at radius 3 is 2.74 bits per heavy atom. The Labute approximate surface area is 120 Å². The van der Waals surface area contributed by atoms with Gasteiger partial charge in [0.05, 0.1) is 12.2 Å². The van der Waals surface area contributed by atoms with E-state index in [0.717, 1.165) is 16.9 Å². The van der Waals surface area contributed by atoms with Crippen LogP contribution in [0.1, 0.15) is 28.2 Å². The molecule has 1 atom stereocenters. The largest absolute Gasteiger partial charge is 0.477 e. The molecule has 0 saturated carbocycles. The lowest BCUT2D eigenvalue weighted by molar-refractivity contribution is 0.0702. The maximum atomic E-state index is 10.9. The summed E-state index contributed by atoms with van der Waals surface area (Å²) in [6.07, 6.45) is 1.37. The predicted octanol–water partition coefficient (Wildman–Crippen LogP) is 3.69.